The normalized spacial score (nSPS) is 11.8. The summed E-state index contributed by atoms with van der Waals surface area (Å²) in [4.78, 5) is 24.5. The average Bonchev–Trinajstić information content (AvgIpc) is 2.74. The van der Waals surface area contributed by atoms with Gasteiger partial charge >= 0.3 is 0 Å². The number of rotatable bonds is 5. The highest BCUT2D eigenvalue weighted by Gasteiger charge is 2.16. The predicted molar refractivity (Wildman–Crippen MR) is 127 cm³/mol. The number of aromatic nitrogens is 1. The van der Waals surface area contributed by atoms with Crippen molar-refractivity contribution in [1.29, 1.82) is 0 Å². The molecule has 2 aromatic carbocycles. The van der Waals surface area contributed by atoms with Gasteiger partial charge in [-0.15, -0.1) is 5.10 Å². The first kappa shape index (κ1) is 22.0. The van der Waals surface area contributed by atoms with Crippen LogP contribution in [0.5, 0.6) is 0 Å². The molecule has 6 nitrogen and oxygen atoms in total. The van der Waals surface area contributed by atoms with E-state index < -0.39 is 0 Å². The van der Waals surface area contributed by atoms with Crippen LogP contribution in [-0.4, -0.2) is 16.8 Å². The molecule has 0 aliphatic carbocycles. The van der Waals surface area contributed by atoms with Gasteiger partial charge in [-0.05, 0) is 47.7 Å². The monoisotopic (exact) mass is 416 g/mol. The number of nitrogens with zero attached hydrogens (tertiary/aromatic N) is 3. The van der Waals surface area contributed by atoms with Gasteiger partial charge in [-0.3, -0.25) is 9.59 Å². The molecule has 0 unspecified atom stereocenters. The van der Waals surface area contributed by atoms with Crippen LogP contribution in [0.25, 0.3) is 0 Å². The van der Waals surface area contributed by atoms with Gasteiger partial charge in [0.15, 0.2) is 5.84 Å². The number of amides is 1. The van der Waals surface area contributed by atoms with Gasteiger partial charge < -0.3 is 9.88 Å². The number of hydrazone groups is 1. The quantitative estimate of drug-likeness (QED) is 0.290. The number of aryl methyl sites for hydroxylation is 2. The van der Waals surface area contributed by atoms with Gasteiger partial charge in [0.2, 0.25) is 6.41 Å². The smallest absolute Gasteiger partial charge is 0.274 e. The summed E-state index contributed by atoms with van der Waals surface area (Å²) in [5, 5.41) is 8.98. The van der Waals surface area contributed by atoms with E-state index in [-0.39, 0.29) is 11.0 Å². The second-order valence-electron chi connectivity index (χ2n) is 8.47. The Morgan fingerprint density at radius 3 is 2.32 bits per heavy atom. The van der Waals surface area contributed by atoms with Crippen LogP contribution >= 0.6 is 0 Å². The van der Waals surface area contributed by atoms with E-state index in [1.807, 2.05) is 55.5 Å². The van der Waals surface area contributed by atoms with Gasteiger partial charge in [-0.1, -0.05) is 57.2 Å². The molecular weight excluding hydrogens is 388 g/mol. The van der Waals surface area contributed by atoms with Gasteiger partial charge in [0.1, 0.15) is 5.69 Å². The van der Waals surface area contributed by atoms with E-state index in [0.717, 1.165) is 16.7 Å². The van der Waals surface area contributed by atoms with E-state index in [2.05, 4.69) is 31.2 Å². The lowest BCUT2D eigenvalue weighted by Gasteiger charge is -2.21. The highest BCUT2D eigenvalue weighted by molar-refractivity contribution is 6.10. The van der Waals surface area contributed by atoms with Crippen LogP contribution in [0.1, 0.15) is 37.5 Å². The zero-order valence-corrected chi connectivity index (χ0v) is 18.6. The Bertz CT molecular complexity index is 1160. The van der Waals surface area contributed by atoms with Crippen molar-refractivity contribution in [2.45, 2.75) is 33.1 Å². The van der Waals surface area contributed by atoms with Gasteiger partial charge in [-0.2, -0.15) is 0 Å². The average molecular weight is 417 g/mol. The number of carbonyl (C=O) groups is 1. The first-order valence-electron chi connectivity index (χ1n) is 10.1. The zero-order chi connectivity index (χ0) is 22.6. The molecule has 1 aromatic heterocycles. The molecule has 0 saturated heterocycles. The summed E-state index contributed by atoms with van der Waals surface area (Å²) in [6.07, 6.45) is 2.35. The lowest BCUT2D eigenvalue weighted by atomic mass is 9.87. The highest BCUT2D eigenvalue weighted by atomic mass is 16.1. The molecule has 0 aliphatic rings. The number of anilines is 2. The molecular formula is C25H28N4O2. The van der Waals surface area contributed by atoms with Crippen molar-refractivity contribution in [3.8, 4) is 0 Å². The van der Waals surface area contributed by atoms with Crippen molar-refractivity contribution in [2.75, 3.05) is 10.3 Å². The summed E-state index contributed by atoms with van der Waals surface area (Å²) in [7, 11) is 1.69. The Hall–Kier alpha value is -3.67. The summed E-state index contributed by atoms with van der Waals surface area (Å²) in [6.45, 7) is 8.37. The molecule has 0 atom stereocenters. The maximum atomic E-state index is 12.5. The molecule has 160 valence electrons. The fourth-order valence-electron chi connectivity index (χ4n) is 3.17. The summed E-state index contributed by atoms with van der Waals surface area (Å²) in [5.74, 6) is 0.411. The SMILES string of the molecule is Cc1ccccc1/C(=N\N(C=O)c1ccc(C(C)(C)C)cc1)Nc1cccn(C)c1=O. The van der Waals surface area contributed by atoms with Crippen LogP contribution in [0.4, 0.5) is 11.4 Å². The van der Waals surface area contributed by atoms with Gasteiger partial charge in [-0.25, -0.2) is 5.01 Å². The van der Waals surface area contributed by atoms with Crippen molar-refractivity contribution < 1.29 is 4.79 Å². The fourth-order valence-corrected chi connectivity index (χ4v) is 3.17. The van der Waals surface area contributed by atoms with E-state index in [1.54, 1.807) is 25.4 Å². The Kier molecular flexibility index (Phi) is 6.39. The minimum absolute atomic E-state index is 0.00896. The molecule has 3 rings (SSSR count). The second kappa shape index (κ2) is 9.00. The van der Waals surface area contributed by atoms with E-state index in [0.29, 0.717) is 23.6 Å². The molecule has 1 N–H and O–H groups in total. The third-order valence-electron chi connectivity index (χ3n) is 5.08. The number of pyridine rings is 1. The van der Waals surface area contributed by atoms with Crippen LogP contribution in [-0.2, 0) is 17.3 Å². The van der Waals surface area contributed by atoms with E-state index >= 15 is 0 Å². The third-order valence-corrected chi connectivity index (χ3v) is 5.08. The van der Waals surface area contributed by atoms with Gasteiger partial charge in [0, 0.05) is 18.8 Å². The van der Waals surface area contributed by atoms with Crippen molar-refractivity contribution in [3.05, 3.63) is 93.9 Å². The van der Waals surface area contributed by atoms with Crippen LogP contribution < -0.4 is 15.9 Å². The predicted octanol–water partition coefficient (Wildman–Crippen LogP) is 4.43. The standard InChI is InChI=1S/C25H28N4O2/c1-18-9-6-7-10-21(18)23(26-22-11-8-16-28(5)24(22)31)27-29(17-30)20-14-12-19(13-15-20)25(2,3)4/h6-17H,1-5H3,(H,26,27). The largest absolute Gasteiger partial charge is 0.334 e. The van der Waals surface area contributed by atoms with Crippen LogP contribution in [0.2, 0.25) is 0 Å². The number of nitrogens with one attached hydrogen (secondary N) is 1. The molecule has 1 heterocycles. The second-order valence-corrected chi connectivity index (χ2v) is 8.47. The number of hydrogen-bond donors (Lipinski definition) is 1. The number of carbonyl (C=O) groups excluding carboxylic acids is 1. The van der Waals surface area contributed by atoms with Crippen molar-refractivity contribution in [2.24, 2.45) is 12.1 Å². The third kappa shape index (κ3) is 5.09. The van der Waals surface area contributed by atoms with Crippen LogP contribution in [0.3, 0.4) is 0 Å². The Balaban J connectivity index is 2.06. The Morgan fingerprint density at radius 2 is 1.71 bits per heavy atom. The molecule has 31 heavy (non-hydrogen) atoms. The topological polar surface area (TPSA) is 66.7 Å². The minimum atomic E-state index is -0.184. The Labute approximate surface area is 182 Å². The summed E-state index contributed by atoms with van der Waals surface area (Å²) in [6, 6.07) is 18.9. The van der Waals surface area contributed by atoms with Crippen molar-refractivity contribution in [1.82, 2.24) is 4.57 Å². The van der Waals surface area contributed by atoms with Crippen molar-refractivity contribution >= 4 is 23.6 Å². The fraction of sp³-hybridized carbons (Fsp3) is 0.240. The van der Waals surface area contributed by atoms with Crippen LogP contribution in [0, 0.1) is 6.92 Å². The Morgan fingerprint density at radius 1 is 1.03 bits per heavy atom. The molecule has 1 amide bonds. The van der Waals surface area contributed by atoms with E-state index in [1.165, 1.54) is 9.58 Å². The summed E-state index contributed by atoms with van der Waals surface area (Å²) >= 11 is 0. The molecule has 0 bridgehead atoms. The maximum Gasteiger partial charge on any atom is 0.274 e. The molecule has 0 radical (unpaired) electrons. The minimum Gasteiger partial charge on any atom is -0.334 e. The van der Waals surface area contributed by atoms with Crippen molar-refractivity contribution in [3.63, 3.8) is 0 Å². The van der Waals surface area contributed by atoms with Gasteiger partial charge in [0.25, 0.3) is 5.56 Å². The summed E-state index contributed by atoms with van der Waals surface area (Å²) < 4.78 is 1.49. The number of hydrogen-bond acceptors (Lipinski definition) is 3. The first-order chi connectivity index (χ1) is 14.7. The van der Waals surface area contributed by atoms with Crippen LogP contribution in [0.15, 0.2) is 76.8 Å². The first-order valence-corrected chi connectivity index (χ1v) is 10.1. The van der Waals surface area contributed by atoms with Gasteiger partial charge in [0.05, 0.1) is 5.69 Å². The molecule has 0 spiro atoms. The molecule has 0 aliphatic heterocycles. The lowest BCUT2D eigenvalue weighted by molar-refractivity contribution is -0.107. The molecule has 0 fully saturated rings. The van der Waals surface area contributed by atoms with E-state index in [4.69, 9.17) is 0 Å². The molecule has 6 heteroatoms. The number of benzene rings is 2. The maximum absolute atomic E-state index is 12.5. The van der Waals surface area contributed by atoms with E-state index in [9.17, 15) is 9.59 Å². The zero-order valence-electron chi connectivity index (χ0n) is 18.6. The molecule has 0 saturated carbocycles. The summed E-state index contributed by atoms with van der Waals surface area (Å²) in [5.41, 5.74) is 3.77. The number of amidine groups is 1. The lowest BCUT2D eigenvalue weighted by Crippen LogP contribution is -2.27. The highest BCUT2D eigenvalue weighted by Crippen LogP contribution is 2.25. The molecule has 3 aromatic rings.